The van der Waals surface area contributed by atoms with Gasteiger partial charge < -0.3 is 5.73 Å². The Morgan fingerprint density at radius 2 is 2.00 bits per heavy atom. The maximum Gasteiger partial charge on any atom is 0.264 e. The van der Waals surface area contributed by atoms with E-state index >= 15 is 0 Å². The van der Waals surface area contributed by atoms with E-state index in [-0.39, 0.29) is 20.6 Å². The van der Waals surface area contributed by atoms with Gasteiger partial charge in [-0.15, -0.1) is 0 Å². The molecule has 0 atom stereocenters. The van der Waals surface area contributed by atoms with Crippen LogP contribution in [0.25, 0.3) is 0 Å². The molecule has 0 aliphatic rings. The standard InChI is InChI=1S/C10H10Cl2N4O2S/c1-16-8(4-5-14-16)15-19(17,18)7-3-2-6(11)10(13)9(7)12/h2-5,15H,13H2,1H3. The molecule has 19 heavy (non-hydrogen) atoms. The van der Waals surface area contributed by atoms with Crippen molar-refractivity contribution >= 4 is 44.7 Å². The average molecular weight is 321 g/mol. The molecule has 0 radical (unpaired) electrons. The van der Waals surface area contributed by atoms with Crippen LogP contribution in [-0.2, 0) is 17.1 Å². The molecule has 0 bridgehead atoms. The van der Waals surface area contributed by atoms with Gasteiger partial charge in [-0.2, -0.15) is 5.10 Å². The van der Waals surface area contributed by atoms with Gasteiger partial charge >= 0.3 is 0 Å². The highest BCUT2D eigenvalue weighted by Crippen LogP contribution is 2.33. The molecule has 9 heteroatoms. The molecule has 2 aromatic rings. The molecular formula is C10H10Cl2N4O2S. The van der Waals surface area contributed by atoms with Gasteiger partial charge in [0.25, 0.3) is 10.0 Å². The lowest BCUT2D eigenvalue weighted by Crippen LogP contribution is -2.16. The second-order valence-electron chi connectivity index (χ2n) is 3.72. The number of hydrogen-bond acceptors (Lipinski definition) is 4. The van der Waals surface area contributed by atoms with Crippen LogP contribution >= 0.6 is 23.2 Å². The Balaban J connectivity index is 2.46. The predicted molar refractivity (Wildman–Crippen MR) is 74.9 cm³/mol. The molecule has 0 fully saturated rings. The van der Waals surface area contributed by atoms with Crippen LogP contribution in [0.15, 0.2) is 29.3 Å². The van der Waals surface area contributed by atoms with Crippen LogP contribution in [0.3, 0.4) is 0 Å². The van der Waals surface area contributed by atoms with E-state index in [1.165, 1.54) is 29.1 Å². The van der Waals surface area contributed by atoms with Crippen LogP contribution < -0.4 is 10.5 Å². The first-order chi connectivity index (χ1) is 8.83. The maximum absolute atomic E-state index is 12.2. The van der Waals surface area contributed by atoms with Gasteiger partial charge in [0.15, 0.2) is 0 Å². The van der Waals surface area contributed by atoms with Crippen molar-refractivity contribution in [1.29, 1.82) is 0 Å². The van der Waals surface area contributed by atoms with Gasteiger partial charge in [0.2, 0.25) is 0 Å². The summed E-state index contributed by atoms with van der Waals surface area (Å²) >= 11 is 11.7. The molecule has 1 aromatic carbocycles. The first-order valence-corrected chi connectivity index (χ1v) is 7.31. The summed E-state index contributed by atoms with van der Waals surface area (Å²) in [6.07, 6.45) is 1.47. The van der Waals surface area contributed by atoms with E-state index in [4.69, 9.17) is 28.9 Å². The number of nitrogens with zero attached hydrogens (tertiary/aromatic N) is 2. The van der Waals surface area contributed by atoms with Crippen molar-refractivity contribution in [3.8, 4) is 0 Å². The summed E-state index contributed by atoms with van der Waals surface area (Å²) in [6.45, 7) is 0. The second kappa shape index (κ2) is 4.92. The normalized spacial score (nSPS) is 11.5. The molecule has 6 nitrogen and oxygen atoms in total. The van der Waals surface area contributed by atoms with E-state index in [0.717, 1.165) is 0 Å². The van der Waals surface area contributed by atoms with E-state index in [2.05, 4.69) is 9.82 Å². The summed E-state index contributed by atoms with van der Waals surface area (Å²) < 4.78 is 28.1. The highest BCUT2D eigenvalue weighted by atomic mass is 35.5. The fourth-order valence-corrected chi connectivity index (χ4v) is 3.28. The Labute approximate surface area is 120 Å². The van der Waals surface area contributed by atoms with Gasteiger partial charge in [0.1, 0.15) is 10.7 Å². The highest BCUT2D eigenvalue weighted by molar-refractivity contribution is 7.92. The molecule has 0 unspecified atom stereocenters. The number of hydrogen-bond donors (Lipinski definition) is 2. The van der Waals surface area contributed by atoms with Gasteiger partial charge in [0, 0.05) is 13.1 Å². The Morgan fingerprint density at radius 1 is 1.32 bits per heavy atom. The number of anilines is 2. The average Bonchev–Trinajstić information content (AvgIpc) is 2.71. The lowest BCUT2D eigenvalue weighted by Gasteiger charge is -2.11. The lowest BCUT2D eigenvalue weighted by molar-refractivity contribution is 0.600. The molecule has 2 rings (SSSR count). The molecule has 3 N–H and O–H groups in total. The van der Waals surface area contributed by atoms with Gasteiger partial charge in [-0.1, -0.05) is 23.2 Å². The van der Waals surface area contributed by atoms with E-state index in [1.54, 1.807) is 7.05 Å². The zero-order chi connectivity index (χ0) is 14.2. The number of halogens is 2. The van der Waals surface area contributed by atoms with Crippen LogP contribution in [0.1, 0.15) is 0 Å². The van der Waals surface area contributed by atoms with Crippen LogP contribution in [0.4, 0.5) is 11.5 Å². The summed E-state index contributed by atoms with van der Waals surface area (Å²) in [4.78, 5) is -0.141. The maximum atomic E-state index is 12.2. The number of nitrogens with two attached hydrogens (primary N) is 1. The molecule has 102 valence electrons. The van der Waals surface area contributed by atoms with Gasteiger partial charge in [0.05, 0.1) is 21.9 Å². The van der Waals surface area contributed by atoms with Crippen molar-refractivity contribution in [3.05, 3.63) is 34.4 Å². The highest BCUT2D eigenvalue weighted by Gasteiger charge is 2.21. The first kappa shape index (κ1) is 14.0. The third kappa shape index (κ3) is 2.63. The molecule has 0 aliphatic carbocycles. The number of aromatic nitrogens is 2. The number of nitrogen functional groups attached to an aromatic ring is 1. The summed E-state index contributed by atoms with van der Waals surface area (Å²) in [5, 5.41) is 3.95. The van der Waals surface area contributed by atoms with Crippen LogP contribution in [0.5, 0.6) is 0 Å². The summed E-state index contributed by atoms with van der Waals surface area (Å²) in [7, 11) is -2.25. The molecule has 0 aliphatic heterocycles. The summed E-state index contributed by atoms with van der Waals surface area (Å²) in [5.74, 6) is 0.310. The molecular weight excluding hydrogens is 311 g/mol. The predicted octanol–water partition coefficient (Wildman–Crippen LogP) is 2.11. The van der Waals surface area contributed by atoms with Gasteiger partial charge in [-0.05, 0) is 12.1 Å². The number of rotatable bonds is 3. The molecule has 0 amide bonds. The Morgan fingerprint density at radius 3 is 2.58 bits per heavy atom. The molecule has 1 heterocycles. The van der Waals surface area contributed by atoms with Gasteiger partial charge in [-0.3, -0.25) is 9.40 Å². The van der Waals surface area contributed by atoms with E-state index < -0.39 is 10.0 Å². The fraction of sp³-hybridized carbons (Fsp3) is 0.100. The van der Waals surface area contributed by atoms with E-state index in [1.807, 2.05) is 0 Å². The molecule has 0 saturated carbocycles. The Kier molecular flexibility index (Phi) is 3.62. The topological polar surface area (TPSA) is 90.0 Å². The van der Waals surface area contributed by atoms with Crippen molar-refractivity contribution in [2.45, 2.75) is 4.90 Å². The number of sulfonamides is 1. The lowest BCUT2D eigenvalue weighted by atomic mass is 10.3. The van der Waals surface area contributed by atoms with Crippen LogP contribution in [0.2, 0.25) is 10.0 Å². The molecule has 0 spiro atoms. The number of benzene rings is 1. The number of aryl methyl sites for hydroxylation is 1. The van der Waals surface area contributed by atoms with Crippen molar-refractivity contribution in [2.24, 2.45) is 7.05 Å². The van der Waals surface area contributed by atoms with Crippen molar-refractivity contribution in [1.82, 2.24) is 9.78 Å². The molecule has 1 aromatic heterocycles. The fourth-order valence-electron chi connectivity index (χ4n) is 1.42. The van der Waals surface area contributed by atoms with Crippen LogP contribution in [0, 0.1) is 0 Å². The zero-order valence-electron chi connectivity index (χ0n) is 9.76. The van der Waals surface area contributed by atoms with Crippen molar-refractivity contribution in [3.63, 3.8) is 0 Å². The molecule has 0 saturated heterocycles. The minimum atomic E-state index is -3.86. The Bertz CT molecular complexity index is 727. The minimum absolute atomic E-state index is 0.0243. The van der Waals surface area contributed by atoms with Crippen molar-refractivity contribution in [2.75, 3.05) is 10.5 Å². The van der Waals surface area contributed by atoms with E-state index in [9.17, 15) is 8.42 Å². The van der Waals surface area contributed by atoms with Gasteiger partial charge in [-0.25, -0.2) is 8.42 Å². The third-order valence-corrected chi connectivity index (χ3v) is 4.69. The quantitative estimate of drug-likeness (QED) is 0.847. The smallest absolute Gasteiger partial charge is 0.264 e. The van der Waals surface area contributed by atoms with Crippen LogP contribution in [-0.4, -0.2) is 18.2 Å². The minimum Gasteiger partial charge on any atom is -0.396 e. The first-order valence-electron chi connectivity index (χ1n) is 5.07. The third-order valence-electron chi connectivity index (χ3n) is 2.44. The summed E-state index contributed by atoms with van der Waals surface area (Å²) in [5.41, 5.74) is 5.63. The SMILES string of the molecule is Cn1nccc1NS(=O)(=O)c1ccc(Cl)c(N)c1Cl. The second-order valence-corrected chi connectivity index (χ2v) is 6.15. The number of nitrogens with one attached hydrogen (secondary N) is 1. The Hall–Kier alpha value is -1.44. The van der Waals surface area contributed by atoms with E-state index in [0.29, 0.717) is 5.82 Å². The largest absolute Gasteiger partial charge is 0.396 e. The summed E-state index contributed by atoms with van der Waals surface area (Å²) in [6, 6.07) is 4.19. The monoisotopic (exact) mass is 320 g/mol. The van der Waals surface area contributed by atoms with Crippen molar-refractivity contribution < 1.29 is 8.42 Å². The zero-order valence-corrected chi connectivity index (χ0v) is 12.1.